The molecule has 1 aromatic carbocycles. The topological polar surface area (TPSA) is 139 Å². The van der Waals surface area contributed by atoms with Gasteiger partial charge < -0.3 is 14.8 Å². The van der Waals surface area contributed by atoms with Crippen molar-refractivity contribution >= 4 is 23.6 Å². The molecule has 0 radical (unpaired) electrons. The van der Waals surface area contributed by atoms with Crippen LogP contribution in [0.5, 0.6) is 0 Å². The van der Waals surface area contributed by atoms with E-state index < -0.39 is 29.0 Å². The van der Waals surface area contributed by atoms with Crippen molar-refractivity contribution in [3.05, 3.63) is 35.5 Å². The number of benzene rings is 1. The average Bonchev–Trinajstić information content (AvgIpc) is 2.59. The molecule has 0 saturated carbocycles. The number of carbonyl (C=O) groups excluding carboxylic acids is 2. The van der Waals surface area contributed by atoms with E-state index >= 15 is 0 Å². The van der Waals surface area contributed by atoms with E-state index in [4.69, 9.17) is 20.0 Å². The van der Waals surface area contributed by atoms with Crippen LogP contribution in [-0.2, 0) is 9.47 Å². The number of allylic oxidation sites excluding steroid dienone is 2. The van der Waals surface area contributed by atoms with Crippen LogP contribution in [0.3, 0.4) is 0 Å². The maximum Gasteiger partial charge on any atom is 0.424 e. The third-order valence-electron chi connectivity index (χ3n) is 3.11. The highest BCUT2D eigenvalue weighted by atomic mass is 16.6. The largest absolute Gasteiger partial charge is 0.443 e. The van der Waals surface area contributed by atoms with Gasteiger partial charge in [0.1, 0.15) is 35.1 Å². The zero-order valence-corrected chi connectivity index (χ0v) is 17.7. The number of anilines is 2. The average molecular weight is 409 g/mol. The van der Waals surface area contributed by atoms with Crippen LogP contribution in [0.25, 0.3) is 0 Å². The lowest BCUT2D eigenvalue weighted by atomic mass is 10.2. The molecular formula is C21H23N5O4. The Bertz CT molecular complexity index is 935. The number of carbonyl (C=O) groups is 2. The number of hydrogen-bond donors (Lipinski definition) is 1. The SMILES string of the molecule is CC(C)(C)OC(=O)N(C(=O)OC(C)(C)C)c1cccc(NC(C#N)=C(C#N)C#N)c1. The van der Waals surface area contributed by atoms with Gasteiger partial charge in [-0.25, -0.2) is 9.59 Å². The molecule has 0 atom stereocenters. The van der Waals surface area contributed by atoms with E-state index in [-0.39, 0.29) is 17.1 Å². The van der Waals surface area contributed by atoms with Gasteiger partial charge in [-0.2, -0.15) is 20.7 Å². The molecule has 0 fully saturated rings. The Morgan fingerprint density at radius 3 is 1.80 bits per heavy atom. The number of nitrogens with one attached hydrogen (secondary N) is 1. The van der Waals surface area contributed by atoms with Crippen molar-refractivity contribution in [3.8, 4) is 18.2 Å². The Morgan fingerprint density at radius 2 is 1.40 bits per heavy atom. The highest BCUT2D eigenvalue weighted by Gasteiger charge is 2.32. The summed E-state index contributed by atoms with van der Waals surface area (Å²) in [5.74, 6) is 0. The summed E-state index contributed by atoms with van der Waals surface area (Å²) in [5, 5.41) is 29.8. The third-order valence-corrected chi connectivity index (χ3v) is 3.11. The Morgan fingerprint density at radius 1 is 0.900 bits per heavy atom. The molecule has 0 spiro atoms. The van der Waals surface area contributed by atoms with Crippen LogP contribution in [0.2, 0.25) is 0 Å². The van der Waals surface area contributed by atoms with Crippen molar-refractivity contribution in [1.82, 2.24) is 0 Å². The maximum atomic E-state index is 12.7. The minimum atomic E-state index is -0.945. The van der Waals surface area contributed by atoms with Crippen molar-refractivity contribution in [2.45, 2.75) is 52.7 Å². The fourth-order valence-electron chi connectivity index (χ4n) is 2.05. The zero-order valence-electron chi connectivity index (χ0n) is 17.7. The van der Waals surface area contributed by atoms with Gasteiger partial charge in [0.05, 0.1) is 5.69 Å². The van der Waals surface area contributed by atoms with E-state index in [2.05, 4.69) is 5.32 Å². The lowest BCUT2D eigenvalue weighted by molar-refractivity contribution is 0.0431. The molecule has 2 amide bonds. The second kappa shape index (κ2) is 9.45. The Balaban J connectivity index is 3.40. The number of hydrogen-bond acceptors (Lipinski definition) is 8. The van der Waals surface area contributed by atoms with Gasteiger partial charge in [0.25, 0.3) is 0 Å². The predicted molar refractivity (Wildman–Crippen MR) is 109 cm³/mol. The highest BCUT2D eigenvalue weighted by molar-refractivity contribution is 6.09. The number of nitriles is 3. The summed E-state index contributed by atoms with van der Waals surface area (Å²) in [4.78, 5) is 26.2. The molecule has 156 valence electrons. The second-order valence-corrected chi connectivity index (χ2v) is 8.06. The van der Waals surface area contributed by atoms with E-state index in [9.17, 15) is 14.9 Å². The standard InChI is InChI=1S/C21H23N5O4/c1-20(2,3)29-18(27)26(19(28)30-21(4,5)6)16-9-7-8-15(10-16)25-17(13-24)14(11-22)12-23/h7-10,25H,1-6H3. The summed E-state index contributed by atoms with van der Waals surface area (Å²) in [6.07, 6.45) is -1.89. The van der Waals surface area contributed by atoms with Gasteiger partial charge in [0, 0.05) is 5.69 Å². The molecule has 1 aromatic rings. The fourth-order valence-corrected chi connectivity index (χ4v) is 2.05. The predicted octanol–water partition coefficient (Wildman–Crippen LogP) is 4.60. The molecule has 0 heterocycles. The van der Waals surface area contributed by atoms with Crippen molar-refractivity contribution in [3.63, 3.8) is 0 Å². The molecule has 9 nitrogen and oxygen atoms in total. The summed E-state index contributed by atoms with van der Waals surface area (Å²) in [5.41, 5.74) is -2.02. The number of imide groups is 1. The van der Waals surface area contributed by atoms with Crippen LogP contribution in [0, 0.1) is 34.0 Å². The summed E-state index contributed by atoms with van der Waals surface area (Å²) in [7, 11) is 0. The lowest BCUT2D eigenvalue weighted by Crippen LogP contribution is -2.43. The smallest absolute Gasteiger partial charge is 0.424 e. The quantitative estimate of drug-likeness (QED) is 0.714. The first-order chi connectivity index (χ1) is 13.8. The van der Waals surface area contributed by atoms with Crippen molar-refractivity contribution in [1.29, 1.82) is 15.8 Å². The van der Waals surface area contributed by atoms with Gasteiger partial charge >= 0.3 is 12.2 Å². The molecule has 0 aliphatic rings. The summed E-state index contributed by atoms with van der Waals surface area (Å²) in [6.45, 7) is 9.95. The molecule has 0 aliphatic carbocycles. The molecule has 30 heavy (non-hydrogen) atoms. The third kappa shape index (κ3) is 7.18. The van der Waals surface area contributed by atoms with E-state index in [1.807, 2.05) is 0 Å². The molecule has 1 N–H and O–H groups in total. The lowest BCUT2D eigenvalue weighted by Gasteiger charge is -2.28. The minimum Gasteiger partial charge on any atom is -0.443 e. The van der Waals surface area contributed by atoms with Crippen LogP contribution >= 0.6 is 0 Å². The van der Waals surface area contributed by atoms with Gasteiger partial charge in [0.15, 0.2) is 5.57 Å². The van der Waals surface area contributed by atoms with E-state index in [1.54, 1.807) is 59.8 Å². The molecule has 0 bridgehead atoms. The Kier molecular flexibility index (Phi) is 7.56. The zero-order chi connectivity index (χ0) is 23.1. The fraction of sp³-hybridized carbons (Fsp3) is 0.381. The van der Waals surface area contributed by atoms with E-state index in [0.717, 1.165) is 4.90 Å². The molecule has 0 aromatic heterocycles. The normalized spacial score (nSPS) is 10.5. The minimum absolute atomic E-state index is 0.108. The number of nitrogens with zero attached hydrogens (tertiary/aromatic N) is 4. The molecule has 0 aliphatic heterocycles. The first kappa shape index (κ1) is 24.0. The number of amides is 2. The molecule has 1 rings (SSSR count). The molecule has 9 heteroatoms. The summed E-state index contributed by atoms with van der Waals surface area (Å²) in [6, 6.07) is 10.9. The van der Waals surface area contributed by atoms with E-state index in [0.29, 0.717) is 0 Å². The summed E-state index contributed by atoms with van der Waals surface area (Å²) < 4.78 is 10.6. The van der Waals surface area contributed by atoms with Gasteiger partial charge in [-0.05, 0) is 59.7 Å². The summed E-state index contributed by atoms with van der Waals surface area (Å²) >= 11 is 0. The molecular weight excluding hydrogens is 386 g/mol. The van der Waals surface area contributed by atoms with Crippen molar-refractivity contribution < 1.29 is 19.1 Å². The van der Waals surface area contributed by atoms with Crippen molar-refractivity contribution in [2.24, 2.45) is 0 Å². The molecule has 0 unspecified atom stereocenters. The van der Waals surface area contributed by atoms with Gasteiger partial charge in [0.2, 0.25) is 0 Å². The Labute approximate surface area is 175 Å². The van der Waals surface area contributed by atoms with E-state index in [1.165, 1.54) is 24.3 Å². The first-order valence-electron chi connectivity index (χ1n) is 8.89. The van der Waals surface area contributed by atoms with Gasteiger partial charge in [-0.3, -0.25) is 0 Å². The molecule has 0 saturated heterocycles. The maximum absolute atomic E-state index is 12.7. The number of rotatable bonds is 3. The van der Waals surface area contributed by atoms with Crippen LogP contribution in [0.15, 0.2) is 35.5 Å². The highest BCUT2D eigenvalue weighted by Crippen LogP contribution is 2.25. The van der Waals surface area contributed by atoms with Crippen LogP contribution < -0.4 is 10.2 Å². The van der Waals surface area contributed by atoms with Crippen LogP contribution in [0.1, 0.15) is 41.5 Å². The first-order valence-corrected chi connectivity index (χ1v) is 8.89. The second-order valence-electron chi connectivity index (χ2n) is 8.06. The van der Waals surface area contributed by atoms with Crippen molar-refractivity contribution in [2.75, 3.05) is 10.2 Å². The monoisotopic (exact) mass is 409 g/mol. The van der Waals surface area contributed by atoms with Crippen LogP contribution in [-0.4, -0.2) is 23.4 Å². The van der Waals surface area contributed by atoms with Gasteiger partial charge in [-0.1, -0.05) is 6.07 Å². The van der Waals surface area contributed by atoms with Crippen LogP contribution in [0.4, 0.5) is 21.0 Å². The number of ether oxygens (including phenoxy) is 2. The Hall–Kier alpha value is -4.03. The van der Waals surface area contributed by atoms with Gasteiger partial charge in [-0.15, -0.1) is 0 Å².